The summed E-state index contributed by atoms with van der Waals surface area (Å²) >= 11 is 0. The molecular weight excluding hydrogens is 428 g/mol. The fourth-order valence-electron chi connectivity index (χ4n) is 3.73. The largest absolute Gasteiger partial charge is 0.349 e. The van der Waals surface area contributed by atoms with Crippen molar-refractivity contribution in [1.82, 2.24) is 14.5 Å². The first kappa shape index (κ1) is 23.9. The van der Waals surface area contributed by atoms with E-state index in [2.05, 4.69) is 22.5 Å². The van der Waals surface area contributed by atoms with Crippen LogP contribution in [0.4, 0.5) is 5.69 Å². The van der Waals surface area contributed by atoms with Gasteiger partial charge in [0.25, 0.3) is 0 Å². The summed E-state index contributed by atoms with van der Waals surface area (Å²) in [5, 5.41) is 5.58. The highest BCUT2D eigenvalue weighted by Gasteiger charge is 2.28. The van der Waals surface area contributed by atoms with Crippen molar-refractivity contribution in [2.24, 2.45) is 0 Å². The van der Waals surface area contributed by atoms with E-state index in [1.165, 1.54) is 23.4 Å². The molecule has 2 N–H and O–H groups in total. The molecule has 1 aliphatic rings. The molecule has 0 saturated carbocycles. The second-order valence-electron chi connectivity index (χ2n) is 7.78. The van der Waals surface area contributed by atoms with Gasteiger partial charge in [-0.2, -0.15) is 4.31 Å². The van der Waals surface area contributed by atoms with Crippen LogP contribution in [-0.2, 0) is 19.6 Å². The quantitative estimate of drug-likeness (QED) is 0.632. The van der Waals surface area contributed by atoms with Crippen LogP contribution in [0.1, 0.15) is 31.9 Å². The normalized spacial score (nSPS) is 16.3. The van der Waals surface area contributed by atoms with E-state index in [1.807, 2.05) is 30.3 Å². The highest BCUT2D eigenvalue weighted by Crippen LogP contribution is 2.21. The van der Waals surface area contributed by atoms with Crippen molar-refractivity contribution >= 4 is 27.5 Å². The van der Waals surface area contributed by atoms with Gasteiger partial charge in [0.15, 0.2) is 0 Å². The molecule has 1 aliphatic heterocycles. The standard InChI is InChI=1S/C23H30N4O4S/c1-3-26-13-15-27(16-14-26)32(30,31)21-11-9-20(10-12-21)25-23(29)17-22(24-18(2)28)19-7-5-4-6-8-19/h4-12,22H,3,13-17H2,1-2H3,(H,24,28)(H,25,29). The Bertz CT molecular complexity index is 1020. The summed E-state index contributed by atoms with van der Waals surface area (Å²) in [5.74, 6) is -0.500. The van der Waals surface area contributed by atoms with Gasteiger partial charge >= 0.3 is 0 Å². The molecule has 0 aromatic heterocycles. The number of hydrogen-bond donors (Lipinski definition) is 2. The van der Waals surface area contributed by atoms with Gasteiger partial charge in [0, 0.05) is 38.8 Å². The number of carbonyl (C=O) groups excluding carboxylic acids is 2. The number of benzene rings is 2. The van der Waals surface area contributed by atoms with E-state index in [0.29, 0.717) is 18.8 Å². The van der Waals surface area contributed by atoms with Gasteiger partial charge in [0.2, 0.25) is 21.8 Å². The third kappa shape index (κ3) is 6.15. The van der Waals surface area contributed by atoms with Gasteiger partial charge in [0.05, 0.1) is 17.4 Å². The average molecular weight is 459 g/mol. The fraction of sp³-hybridized carbons (Fsp3) is 0.391. The number of nitrogens with one attached hydrogen (secondary N) is 2. The number of nitrogens with zero attached hydrogens (tertiary/aromatic N) is 2. The molecule has 9 heteroatoms. The Labute approximate surface area is 189 Å². The highest BCUT2D eigenvalue weighted by atomic mass is 32.2. The number of sulfonamides is 1. The van der Waals surface area contributed by atoms with Gasteiger partial charge in [0.1, 0.15) is 0 Å². The Morgan fingerprint density at radius 1 is 0.969 bits per heavy atom. The number of hydrogen-bond acceptors (Lipinski definition) is 5. The summed E-state index contributed by atoms with van der Waals surface area (Å²) in [6.45, 7) is 6.78. The number of rotatable bonds is 8. The maximum Gasteiger partial charge on any atom is 0.243 e. The van der Waals surface area contributed by atoms with Gasteiger partial charge < -0.3 is 15.5 Å². The molecule has 0 aliphatic carbocycles. The molecule has 0 bridgehead atoms. The molecule has 1 saturated heterocycles. The third-order valence-electron chi connectivity index (χ3n) is 5.52. The van der Waals surface area contributed by atoms with Crippen molar-refractivity contribution in [3.63, 3.8) is 0 Å². The van der Waals surface area contributed by atoms with Gasteiger partial charge in [-0.05, 0) is 36.4 Å². The Morgan fingerprint density at radius 2 is 1.59 bits per heavy atom. The minimum atomic E-state index is -3.56. The predicted octanol–water partition coefficient (Wildman–Crippen LogP) is 2.22. The molecule has 172 valence electrons. The zero-order valence-electron chi connectivity index (χ0n) is 18.5. The van der Waals surface area contributed by atoms with Crippen molar-refractivity contribution in [1.29, 1.82) is 0 Å². The lowest BCUT2D eigenvalue weighted by atomic mass is 10.0. The Morgan fingerprint density at radius 3 is 2.16 bits per heavy atom. The fourth-order valence-corrected chi connectivity index (χ4v) is 5.15. The molecule has 0 spiro atoms. The zero-order valence-corrected chi connectivity index (χ0v) is 19.3. The Balaban J connectivity index is 1.63. The van der Waals surface area contributed by atoms with Crippen LogP contribution in [0.15, 0.2) is 59.5 Å². The van der Waals surface area contributed by atoms with E-state index in [1.54, 1.807) is 12.1 Å². The molecule has 1 heterocycles. The monoisotopic (exact) mass is 458 g/mol. The maximum absolute atomic E-state index is 12.9. The number of likely N-dealkylation sites (N-methyl/N-ethyl adjacent to an activating group) is 1. The highest BCUT2D eigenvalue weighted by molar-refractivity contribution is 7.89. The van der Waals surface area contributed by atoms with E-state index in [4.69, 9.17) is 0 Å². The van der Waals surface area contributed by atoms with Crippen molar-refractivity contribution < 1.29 is 18.0 Å². The summed E-state index contributed by atoms with van der Waals surface area (Å²) in [5.41, 5.74) is 1.34. The van der Waals surface area contributed by atoms with Crippen LogP contribution in [0.5, 0.6) is 0 Å². The summed E-state index contributed by atoms with van der Waals surface area (Å²) in [6.07, 6.45) is 0.0609. The molecule has 2 aromatic rings. The minimum Gasteiger partial charge on any atom is -0.349 e. The number of anilines is 1. The van der Waals surface area contributed by atoms with Crippen molar-refractivity contribution in [2.75, 3.05) is 38.0 Å². The van der Waals surface area contributed by atoms with Crippen LogP contribution < -0.4 is 10.6 Å². The van der Waals surface area contributed by atoms with Crippen LogP contribution in [0.25, 0.3) is 0 Å². The molecule has 2 amide bonds. The van der Waals surface area contributed by atoms with E-state index in [9.17, 15) is 18.0 Å². The first-order valence-electron chi connectivity index (χ1n) is 10.7. The second-order valence-corrected chi connectivity index (χ2v) is 9.72. The predicted molar refractivity (Wildman–Crippen MR) is 124 cm³/mol. The van der Waals surface area contributed by atoms with Crippen LogP contribution >= 0.6 is 0 Å². The van der Waals surface area contributed by atoms with Gasteiger partial charge in [-0.25, -0.2) is 8.42 Å². The molecule has 8 nitrogen and oxygen atoms in total. The van der Waals surface area contributed by atoms with Gasteiger partial charge in [-0.15, -0.1) is 0 Å². The smallest absolute Gasteiger partial charge is 0.243 e. The Kier molecular flexibility index (Phi) is 8.00. The average Bonchev–Trinajstić information content (AvgIpc) is 2.79. The summed E-state index contributed by atoms with van der Waals surface area (Å²) in [4.78, 5) is 26.6. The van der Waals surface area contributed by atoms with Gasteiger partial charge in [-0.3, -0.25) is 9.59 Å². The number of amides is 2. The summed E-state index contributed by atoms with van der Waals surface area (Å²) < 4.78 is 27.3. The minimum absolute atomic E-state index is 0.0609. The SMILES string of the molecule is CCN1CCN(S(=O)(=O)c2ccc(NC(=O)CC(NC(C)=O)c3ccccc3)cc2)CC1. The molecule has 3 rings (SSSR count). The van der Waals surface area contributed by atoms with E-state index >= 15 is 0 Å². The van der Waals surface area contributed by atoms with Crippen molar-refractivity contribution in [3.8, 4) is 0 Å². The summed E-state index contributed by atoms with van der Waals surface area (Å²) in [7, 11) is -3.56. The molecular formula is C23H30N4O4S. The molecule has 1 fully saturated rings. The first-order chi connectivity index (χ1) is 15.3. The summed E-state index contributed by atoms with van der Waals surface area (Å²) in [6, 6.07) is 15.0. The lowest BCUT2D eigenvalue weighted by Gasteiger charge is -2.33. The molecule has 0 radical (unpaired) electrons. The maximum atomic E-state index is 12.9. The topological polar surface area (TPSA) is 98.8 Å². The van der Waals surface area contributed by atoms with E-state index in [-0.39, 0.29) is 23.1 Å². The van der Waals surface area contributed by atoms with Crippen molar-refractivity contribution in [3.05, 3.63) is 60.2 Å². The van der Waals surface area contributed by atoms with E-state index < -0.39 is 16.1 Å². The molecule has 1 unspecified atom stereocenters. The lowest BCUT2D eigenvalue weighted by Crippen LogP contribution is -2.48. The number of carbonyl (C=O) groups is 2. The first-order valence-corrected chi connectivity index (χ1v) is 12.2. The zero-order chi connectivity index (χ0) is 23.1. The van der Waals surface area contributed by atoms with Crippen LogP contribution in [-0.4, -0.2) is 62.2 Å². The van der Waals surface area contributed by atoms with Gasteiger partial charge in [-0.1, -0.05) is 37.3 Å². The lowest BCUT2D eigenvalue weighted by molar-refractivity contribution is -0.120. The van der Waals surface area contributed by atoms with Crippen LogP contribution in [0.3, 0.4) is 0 Å². The molecule has 1 atom stereocenters. The number of piperazine rings is 1. The molecule has 32 heavy (non-hydrogen) atoms. The third-order valence-corrected chi connectivity index (χ3v) is 7.44. The van der Waals surface area contributed by atoms with Crippen molar-refractivity contribution in [2.45, 2.75) is 31.2 Å². The second kappa shape index (κ2) is 10.7. The van der Waals surface area contributed by atoms with Crippen LogP contribution in [0.2, 0.25) is 0 Å². The Hall–Kier alpha value is -2.75. The van der Waals surface area contributed by atoms with Crippen LogP contribution in [0, 0.1) is 0 Å². The van der Waals surface area contributed by atoms with E-state index in [0.717, 1.165) is 25.2 Å². The molecule has 2 aromatic carbocycles.